The van der Waals surface area contributed by atoms with Gasteiger partial charge < -0.3 is 30.7 Å². The highest BCUT2D eigenvalue weighted by atomic mass is 16.5. The summed E-state index contributed by atoms with van der Waals surface area (Å²) in [6.45, 7) is 6.91. The monoisotopic (exact) mass is 577 g/mol. The van der Waals surface area contributed by atoms with E-state index in [2.05, 4.69) is 44.7 Å². The molecular weight excluding hydrogens is 540 g/mol. The highest BCUT2D eigenvalue weighted by Gasteiger charge is 2.68. The number of nitrogens with two attached hydrogens (primary N) is 2. The Hall–Kier alpha value is -4.46. The third kappa shape index (κ3) is 4.28. The van der Waals surface area contributed by atoms with Crippen LogP contribution in [0.25, 0.3) is 0 Å². The first-order valence-corrected chi connectivity index (χ1v) is 14.0. The van der Waals surface area contributed by atoms with E-state index in [0.29, 0.717) is 23.6 Å². The molecular formula is C28H37N10O4+. The van der Waals surface area contributed by atoms with Crippen LogP contribution in [-0.4, -0.2) is 105 Å². The van der Waals surface area contributed by atoms with E-state index < -0.39 is 29.9 Å². The molecule has 222 valence electrons. The molecule has 0 bridgehead atoms. The fourth-order valence-corrected chi connectivity index (χ4v) is 6.54. The highest BCUT2D eigenvalue weighted by molar-refractivity contribution is 5.98. The normalized spacial score (nSPS) is 28.7. The Balaban J connectivity index is 1.24. The minimum atomic E-state index is -1.21. The first-order chi connectivity index (χ1) is 19.9. The highest BCUT2D eigenvalue weighted by Crippen LogP contribution is 2.41. The largest absolute Gasteiger partial charge is 0.492 e. The Morgan fingerprint density at radius 1 is 1.26 bits per heavy atom. The fraction of sp³-hybridized carbons (Fsp3) is 0.500. The molecule has 4 aliphatic rings. The molecule has 1 fully saturated rings. The molecule has 1 spiro atoms. The van der Waals surface area contributed by atoms with Crippen molar-refractivity contribution in [1.29, 1.82) is 0 Å². The van der Waals surface area contributed by atoms with Crippen molar-refractivity contribution in [2.75, 3.05) is 26.7 Å². The number of aryl methyl sites for hydroxylation is 1. The number of guanidine groups is 2. The van der Waals surface area contributed by atoms with Gasteiger partial charge in [-0.15, -0.1) is 5.10 Å². The van der Waals surface area contributed by atoms with Gasteiger partial charge in [0.25, 0.3) is 11.8 Å². The van der Waals surface area contributed by atoms with E-state index in [4.69, 9.17) is 16.2 Å². The summed E-state index contributed by atoms with van der Waals surface area (Å²) in [4.78, 5) is 37.8. The number of hydrogen-bond acceptors (Lipinski definition) is 11. The summed E-state index contributed by atoms with van der Waals surface area (Å²) < 4.78 is 5.95. The second-order valence-corrected chi connectivity index (χ2v) is 12.1. The second kappa shape index (κ2) is 9.82. The summed E-state index contributed by atoms with van der Waals surface area (Å²) in [6, 6.07) is 7.02. The zero-order valence-electron chi connectivity index (χ0n) is 24.1. The number of benzene rings is 1. The van der Waals surface area contributed by atoms with Crippen LogP contribution in [0.15, 0.2) is 35.3 Å². The number of rotatable bonds is 5. The van der Waals surface area contributed by atoms with Crippen molar-refractivity contribution < 1.29 is 24.4 Å². The number of aliphatic hydroxyl groups excluding tert-OH is 1. The van der Waals surface area contributed by atoms with Crippen LogP contribution in [0.2, 0.25) is 0 Å². The molecule has 14 heteroatoms. The summed E-state index contributed by atoms with van der Waals surface area (Å²) in [6.07, 6.45) is -0.293. The lowest BCUT2D eigenvalue weighted by atomic mass is 9.79. The number of carbonyl (C=O) groups is 2. The van der Waals surface area contributed by atoms with Crippen molar-refractivity contribution in [2.45, 2.75) is 62.5 Å². The Bertz CT molecular complexity index is 1490. The molecule has 2 unspecified atom stereocenters. The van der Waals surface area contributed by atoms with Crippen molar-refractivity contribution >= 4 is 23.7 Å². The van der Waals surface area contributed by atoms with Crippen molar-refractivity contribution in [3.8, 4) is 5.75 Å². The molecule has 5 heterocycles. The number of aliphatic hydroxyl groups is 1. The predicted octanol–water partition coefficient (Wildman–Crippen LogP) is -2.85. The molecule has 0 aliphatic carbocycles. The van der Waals surface area contributed by atoms with Gasteiger partial charge in [-0.2, -0.15) is 5.10 Å². The molecule has 5 atom stereocenters. The molecule has 42 heavy (non-hydrogen) atoms. The van der Waals surface area contributed by atoms with Crippen molar-refractivity contribution in [3.05, 3.63) is 52.8 Å². The number of ether oxygens (including phenoxy) is 1. The molecule has 6 rings (SSSR count). The number of fused-ring (bicyclic) bond motifs is 1. The smallest absolute Gasteiger partial charge is 0.343 e. The fourth-order valence-electron chi connectivity index (χ4n) is 6.54. The minimum Gasteiger partial charge on any atom is -0.492 e. The summed E-state index contributed by atoms with van der Waals surface area (Å²) in [5, 5.41) is 25.9. The SMILES string of the molecule is Cc1ccc(C(=O)N(C)C[C@@H]2N=C(N)N3CC(NC(=O)c4cccc5c4OCCC5(C)C)[C@@H](O)C34NC(N)=[NH+][C@@H]24)nn1. The van der Waals surface area contributed by atoms with Crippen LogP contribution in [0.3, 0.4) is 0 Å². The van der Waals surface area contributed by atoms with Gasteiger partial charge >= 0.3 is 5.96 Å². The van der Waals surface area contributed by atoms with Gasteiger partial charge in [-0.1, -0.05) is 26.0 Å². The van der Waals surface area contributed by atoms with Gasteiger partial charge in [0.05, 0.1) is 23.9 Å². The average Bonchev–Trinajstić information content (AvgIpc) is 3.44. The number of likely N-dealkylation sites (N-methyl/N-ethyl adjacent to an activating group) is 1. The van der Waals surface area contributed by atoms with Gasteiger partial charge in [-0.05, 0) is 37.0 Å². The zero-order valence-corrected chi connectivity index (χ0v) is 24.1. The number of nitrogens with zero attached hydrogens (tertiary/aromatic N) is 5. The maximum Gasteiger partial charge on any atom is 0.343 e. The van der Waals surface area contributed by atoms with E-state index in [0.717, 1.165) is 12.0 Å². The number of para-hydroxylation sites is 1. The van der Waals surface area contributed by atoms with Gasteiger partial charge in [0, 0.05) is 25.7 Å². The number of carbonyl (C=O) groups excluding carboxylic acids is 2. The minimum absolute atomic E-state index is 0.128. The standard InChI is InChI=1S/C28H36N10O4/c1-14-8-9-17(36-35-14)24(41)37(4)12-18-21-28(34-25(29)33-21)22(39)19(13-38(28)26(30)32-18)31-23(40)15-6-5-7-16-20(15)42-11-10-27(16,2)3/h5-9,18-19,21-22,39H,10-13H2,1-4H3,(H2,30,32)(H,31,40)(H3,29,33,34)/p+1/t18-,19?,21-,22+,28?/m0/s1. The number of aliphatic imine (C=N–C) groups is 1. The number of aromatic nitrogens is 2. The Labute approximate surface area is 243 Å². The van der Waals surface area contributed by atoms with Gasteiger partial charge in [0.1, 0.15) is 17.9 Å². The lowest BCUT2D eigenvalue weighted by molar-refractivity contribution is -0.514. The lowest BCUT2D eigenvalue weighted by Gasteiger charge is -2.44. The number of hydrogen-bond donors (Lipinski definition) is 6. The quantitative estimate of drug-likeness (QED) is 0.215. The van der Waals surface area contributed by atoms with Crippen LogP contribution >= 0.6 is 0 Å². The Morgan fingerprint density at radius 3 is 2.79 bits per heavy atom. The summed E-state index contributed by atoms with van der Waals surface area (Å²) in [5.74, 6) is 0.273. The van der Waals surface area contributed by atoms with Crippen LogP contribution < -0.4 is 31.8 Å². The van der Waals surface area contributed by atoms with Gasteiger partial charge in [0.15, 0.2) is 17.7 Å². The van der Waals surface area contributed by atoms with Crippen molar-refractivity contribution in [3.63, 3.8) is 0 Å². The molecule has 0 radical (unpaired) electrons. The van der Waals surface area contributed by atoms with Gasteiger partial charge in [0.2, 0.25) is 5.66 Å². The van der Waals surface area contributed by atoms with Crippen LogP contribution in [0.1, 0.15) is 52.4 Å². The van der Waals surface area contributed by atoms with E-state index in [1.807, 2.05) is 12.1 Å². The average molecular weight is 578 g/mol. The maximum absolute atomic E-state index is 13.6. The molecule has 1 aromatic carbocycles. The number of nitrogens with one attached hydrogen (secondary N) is 3. The molecule has 4 aliphatic heterocycles. The third-order valence-electron chi connectivity index (χ3n) is 8.84. The van der Waals surface area contributed by atoms with E-state index in [1.165, 1.54) is 4.90 Å². The van der Waals surface area contributed by atoms with Crippen LogP contribution in [0.4, 0.5) is 0 Å². The number of amides is 2. The third-order valence-corrected chi connectivity index (χ3v) is 8.84. The van der Waals surface area contributed by atoms with E-state index in [-0.39, 0.29) is 47.9 Å². The van der Waals surface area contributed by atoms with Crippen LogP contribution in [0, 0.1) is 6.92 Å². The second-order valence-electron chi connectivity index (χ2n) is 12.1. The molecule has 1 saturated heterocycles. The van der Waals surface area contributed by atoms with Crippen molar-refractivity contribution in [1.82, 2.24) is 30.6 Å². The first kappa shape index (κ1) is 27.7. The van der Waals surface area contributed by atoms with Gasteiger partial charge in [-0.25, -0.2) is 10.3 Å². The summed E-state index contributed by atoms with van der Waals surface area (Å²) in [7, 11) is 1.64. The van der Waals surface area contributed by atoms with Crippen molar-refractivity contribution in [2.24, 2.45) is 16.5 Å². The zero-order chi connectivity index (χ0) is 30.0. The predicted molar refractivity (Wildman–Crippen MR) is 152 cm³/mol. The Morgan fingerprint density at radius 2 is 2.05 bits per heavy atom. The van der Waals surface area contributed by atoms with E-state index >= 15 is 0 Å². The molecule has 0 saturated carbocycles. The maximum atomic E-state index is 13.6. The van der Waals surface area contributed by atoms with Gasteiger partial charge in [-0.3, -0.25) is 20.3 Å². The molecule has 1 aromatic heterocycles. The van der Waals surface area contributed by atoms with E-state index in [1.54, 1.807) is 37.1 Å². The molecule has 2 aromatic rings. The van der Waals surface area contributed by atoms with Crippen LogP contribution in [0.5, 0.6) is 5.75 Å². The van der Waals surface area contributed by atoms with E-state index in [9.17, 15) is 14.7 Å². The summed E-state index contributed by atoms with van der Waals surface area (Å²) in [5.41, 5.74) is 13.6. The lowest BCUT2D eigenvalue weighted by Crippen LogP contribution is -2.88. The molecule has 14 nitrogen and oxygen atoms in total. The van der Waals surface area contributed by atoms with Crippen LogP contribution in [-0.2, 0) is 5.41 Å². The molecule has 8 N–H and O–H groups in total. The first-order valence-electron chi connectivity index (χ1n) is 14.0. The summed E-state index contributed by atoms with van der Waals surface area (Å²) >= 11 is 0. The Kier molecular flexibility index (Phi) is 6.48. The topological polar surface area (TPSA) is 198 Å². The molecule has 2 amide bonds.